The molecule has 0 aliphatic carbocycles. The van der Waals surface area contributed by atoms with Crippen LogP contribution < -0.4 is 5.73 Å². The van der Waals surface area contributed by atoms with Crippen LogP contribution in [0.3, 0.4) is 0 Å². The minimum absolute atomic E-state index is 0.190. The van der Waals surface area contributed by atoms with Crippen LogP contribution >= 0.6 is 0 Å². The van der Waals surface area contributed by atoms with Crippen LogP contribution in [0.1, 0.15) is 16.7 Å². The van der Waals surface area contributed by atoms with Crippen molar-refractivity contribution in [2.45, 2.75) is 19.5 Å². The quantitative estimate of drug-likeness (QED) is 0.876. The molecule has 0 amide bonds. The molecule has 2 nitrogen and oxygen atoms in total. The van der Waals surface area contributed by atoms with Crippen LogP contribution in [0.25, 0.3) is 0 Å². The van der Waals surface area contributed by atoms with Crippen LogP contribution in [0.4, 0.5) is 4.39 Å². The Bertz CT molecular complexity index is 537. The Balaban J connectivity index is 2.00. The lowest BCUT2D eigenvalue weighted by Gasteiger charge is -2.19. The maximum atomic E-state index is 12.9. The van der Waals surface area contributed by atoms with Crippen LogP contribution in [0.2, 0.25) is 0 Å². The molecule has 0 heterocycles. The van der Waals surface area contributed by atoms with Crippen molar-refractivity contribution in [3.05, 3.63) is 71.0 Å². The van der Waals surface area contributed by atoms with Gasteiger partial charge in [0.2, 0.25) is 0 Å². The van der Waals surface area contributed by atoms with E-state index in [4.69, 9.17) is 5.73 Å². The first kappa shape index (κ1) is 14.7. The topological polar surface area (TPSA) is 29.3 Å². The Morgan fingerprint density at radius 3 is 2.25 bits per heavy atom. The standard InChI is InChI=1S/C17H21FN2/c1-20(12-14-6-8-17(18)9-7-14)13-16-5-3-2-4-15(16)10-11-19/h2-9H,10-13,19H2,1H3. The third-order valence-electron chi connectivity index (χ3n) is 3.34. The molecular weight excluding hydrogens is 251 g/mol. The highest BCUT2D eigenvalue weighted by Gasteiger charge is 2.06. The normalized spacial score (nSPS) is 11.0. The van der Waals surface area contributed by atoms with Gasteiger partial charge in [0.25, 0.3) is 0 Å². The van der Waals surface area contributed by atoms with Crippen molar-refractivity contribution in [1.29, 1.82) is 0 Å². The summed E-state index contributed by atoms with van der Waals surface area (Å²) in [7, 11) is 2.07. The van der Waals surface area contributed by atoms with E-state index in [9.17, 15) is 4.39 Å². The van der Waals surface area contributed by atoms with Crippen molar-refractivity contribution in [2.24, 2.45) is 5.73 Å². The predicted molar refractivity (Wildman–Crippen MR) is 80.8 cm³/mol. The summed E-state index contributed by atoms with van der Waals surface area (Å²) in [5.41, 5.74) is 9.38. The van der Waals surface area contributed by atoms with E-state index in [0.717, 1.165) is 25.1 Å². The molecule has 106 valence electrons. The first-order valence-electron chi connectivity index (χ1n) is 6.89. The zero-order valence-electron chi connectivity index (χ0n) is 11.8. The molecule has 0 aromatic heterocycles. The van der Waals surface area contributed by atoms with Crippen LogP contribution in [0.15, 0.2) is 48.5 Å². The highest BCUT2D eigenvalue weighted by atomic mass is 19.1. The number of rotatable bonds is 6. The van der Waals surface area contributed by atoms with Gasteiger partial charge in [-0.3, -0.25) is 4.90 Å². The van der Waals surface area contributed by atoms with Crippen molar-refractivity contribution in [2.75, 3.05) is 13.6 Å². The van der Waals surface area contributed by atoms with E-state index in [1.165, 1.54) is 23.3 Å². The number of hydrogen-bond donors (Lipinski definition) is 1. The highest BCUT2D eigenvalue weighted by Crippen LogP contribution is 2.13. The minimum Gasteiger partial charge on any atom is -0.330 e. The summed E-state index contributed by atoms with van der Waals surface area (Å²) >= 11 is 0. The van der Waals surface area contributed by atoms with E-state index >= 15 is 0 Å². The fourth-order valence-electron chi connectivity index (χ4n) is 2.36. The van der Waals surface area contributed by atoms with Crippen molar-refractivity contribution in [3.63, 3.8) is 0 Å². The fraction of sp³-hybridized carbons (Fsp3) is 0.294. The van der Waals surface area contributed by atoms with Gasteiger partial charge >= 0.3 is 0 Å². The van der Waals surface area contributed by atoms with Gasteiger partial charge in [0.1, 0.15) is 5.82 Å². The molecule has 0 aliphatic heterocycles. The molecule has 20 heavy (non-hydrogen) atoms. The van der Waals surface area contributed by atoms with Crippen molar-refractivity contribution in [1.82, 2.24) is 4.90 Å². The molecule has 0 atom stereocenters. The van der Waals surface area contributed by atoms with E-state index in [1.54, 1.807) is 0 Å². The average molecular weight is 272 g/mol. The molecule has 2 aromatic rings. The lowest BCUT2D eigenvalue weighted by atomic mass is 10.0. The highest BCUT2D eigenvalue weighted by molar-refractivity contribution is 5.27. The smallest absolute Gasteiger partial charge is 0.123 e. The molecule has 0 saturated heterocycles. The van der Waals surface area contributed by atoms with Gasteiger partial charge in [0, 0.05) is 13.1 Å². The summed E-state index contributed by atoms with van der Waals surface area (Å²) in [5.74, 6) is -0.190. The number of hydrogen-bond acceptors (Lipinski definition) is 2. The fourth-order valence-corrected chi connectivity index (χ4v) is 2.36. The van der Waals surface area contributed by atoms with Gasteiger partial charge in [-0.2, -0.15) is 0 Å². The van der Waals surface area contributed by atoms with Crippen molar-refractivity contribution < 1.29 is 4.39 Å². The minimum atomic E-state index is -0.190. The van der Waals surface area contributed by atoms with Crippen LogP contribution in [-0.2, 0) is 19.5 Å². The molecule has 0 bridgehead atoms. The van der Waals surface area contributed by atoms with Gasteiger partial charge in [-0.25, -0.2) is 4.39 Å². The summed E-state index contributed by atoms with van der Waals surface area (Å²) in [6, 6.07) is 15.1. The van der Waals surface area contributed by atoms with Gasteiger partial charge in [0.05, 0.1) is 0 Å². The maximum Gasteiger partial charge on any atom is 0.123 e. The maximum absolute atomic E-state index is 12.9. The number of halogens is 1. The van der Waals surface area contributed by atoms with Gasteiger partial charge in [-0.15, -0.1) is 0 Å². The van der Waals surface area contributed by atoms with Gasteiger partial charge in [-0.05, 0) is 48.8 Å². The summed E-state index contributed by atoms with van der Waals surface area (Å²) in [5, 5.41) is 0. The number of benzene rings is 2. The monoisotopic (exact) mass is 272 g/mol. The van der Waals surface area contributed by atoms with E-state index in [1.807, 2.05) is 12.1 Å². The SMILES string of the molecule is CN(Cc1ccc(F)cc1)Cc1ccccc1CCN. The van der Waals surface area contributed by atoms with E-state index in [0.29, 0.717) is 6.54 Å². The molecule has 0 spiro atoms. The molecular formula is C17H21FN2. The predicted octanol–water partition coefficient (Wildman–Crippen LogP) is 2.96. The number of nitrogens with two attached hydrogens (primary N) is 1. The average Bonchev–Trinajstić information content (AvgIpc) is 2.44. The Labute approximate surface area is 120 Å². The summed E-state index contributed by atoms with van der Waals surface area (Å²) in [6.45, 7) is 2.34. The lowest BCUT2D eigenvalue weighted by Crippen LogP contribution is -2.18. The molecule has 0 radical (unpaired) electrons. The second kappa shape index (κ2) is 7.17. The van der Waals surface area contributed by atoms with Gasteiger partial charge < -0.3 is 5.73 Å². The van der Waals surface area contributed by atoms with Gasteiger partial charge in [-0.1, -0.05) is 36.4 Å². The Hall–Kier alpha value is -1.71. The number of nitrogens with zero attached hydrogens (tertiary/aromatic N) is 1. The van der Waals surface area contributed by atoms with E-state index < -0.39 is 0 Å². The van der Waals surface area contributed by atoms with Crippen LogP contribution in [-0.4, -0.2) is 18.5 Å². The zero-order chi connectivity index (χ0) is 14.4. The molecule has 0 aliphatic rings. The Morgan fingerprint density at radius 2 is 1.60 bits per heavy atom. The Morgan fingerprint density at radius 1 is 0.950 bits per heavy atom. The molecule has 2 aromatic carbocycles. The Kier molecular flexibility index (Phi) is 5.27. The second-order valence-corrected chi connectivity index (χ2v) is 5.11. The first-order valence-corrected chi connectivity index (χ1v) is 6.89. The zero-order valence-corrected chi connectivity index (χ0v) is 11.8. The molecule has 0 saturated carbocycles. The molecule has 2 N–H and O–H groups in total. The van der Waals surface area contributed by atoms with Crippen LogP contribution in [0.5, 0.6) is 0 Å². The molecule has 2 rings (SSSR count). The third-order valence-corrected chi connectivity index (χ3v) is 3.34. The van der Waals surface area contributed by atoms with Crippen molar-refractivity contribution >= 4 is 0 Å². The van der Waals surface area contributed by atoms with E-state index in [-0.39, 0.29) is 5.82 Å². The van der Waals surface area contributed by atoms with E-state index in [2.05, 4.69) is 36.2 Å². The molecule has 0 fully saturated rings. The second-order valence-electron chi connectivity index (χ2n) is 5.11. The lowest BCUT2D eigenvalue weighted by molar-refractivity contribution is 0.318. The molecule has 3 heteroatoms. The van der Waals surface area contributed by atoms with Crippen LogP contribution in [0, 0.1) is 5.82 Å². The van der Waals surface area contributed by atoms with Gasteiger partial charge in [0.15, 0.2) is 0 Å². The summed E-state index contributed by atoms with van der Waals surface area (Å²) in [6.07, 6.45) is 0.903. The molecule has 0 unspecified atom stereocenters. The van der Waals surface area contributed by atoms with Crippen molar-refractivity contribution in [3.8, 4) is 0 Å². The first-order chi connectivity index (χ1) is 9.69. The third kappa shape index (κ3) is 4.15. The summed E-state index contributed by atoms with van der Waals surface area (Å²) in [4.78, 5) is 2.22. The summed E-state index contributed by atoms with van der Waals surface area (Å²) < 4.78 is 12.9. The largest absolute Gasteiger partial charge is 0.330 e.